The fraction of sp³-hybridized carbons (Fsp3) is 0. The molecule has 0 nitrogen and oxygen atoms in total. The lowest BCUT2D eigenvalue weighted by Gasteiger charge is -2.17. The molecule has 11 aromatic carbocycles. The van der Waals surface area contributed by atoms with Crippen molar-refractivity contribution in [2.24, 2.45) is 0 Å². The van der Waals surface area contributed by atoms with Crippen LogP contribution in [0.25, 0.3) is 146 Å². The Bertz CT molecular complexity index is 4170. The molecule has 15 aromatic rings. The average Bonchev–Trinajstić information content (AvgIpc) is 4.10. The molecule has 0 bridgehead atoms. The highest BCUT2D eigenvalue weighted by Gasteiger charge is 2.22. The summed E-state index contributed by atoms with van der Waals surface area (Å²) in [6, 6.07) is 69.2. The van der Waals surface area contributed by atoms with Gasteiger partial charge in [-0.15, -0.1) is 45.3 Å². The van der Waals surface area contributed by atoms with Crippen molar-refractivity contribution in [3.8, 4) is 22.3 Å². The van der Waals surface area contributed by atoms with Crippen molar-refractivity contribution in [3.63, 3.8) is 0 Å². The van der Waals surface area contributed by atoms with Crippen molar-refractivity contribution >= 4 is 169 Å². The molecule has 286 valence electrons. The number of fused-ring (bicyclic) bond motifs is 20. The van der Waals surface area contributed by atoms with E-state index in [0.29, 0.717) is 0 Å². The van der Waals surface area contributed by atoms with Gasteiger partial charge in [-0.3, -0.25) is 0 Å². The van der Waals surface area contributed by atoms with Gasteiger partial charge in [0, 0.05) is 103 Å². The van der Waals surface area contributed by atoms with Gasteiger partial charge in [0.1, 0.15) is 0 Å². The van der Waals surface area contributed by atoms with Gasteiger partial charge in [-0.25, -0.2) is 0 Å². The lowest BCUT2D eigenvalue weighted by atomic mass is 9.87. The van der Waals surface area contributed by atoms with Gasteiger partial charge in [-0.05, 0) is 92.0 Å². The fourth-order valence-electron chi connectivity index (χ4n) is 10.7. The molecule has 4 heteroatoms. The fourth-order valence-corrected chi connectivity index (χ4v) is 15.7. The second-order valence-electron chi connectivity index (χ2n) is 16.6. The van der Waals surface area contributed by atoms with Crippen LogP contribution in [0.15, 0.2) is 182 Å². The van der Waals surface area contributed by atoms with Crippen molar-refractivity contribution in [1.29, 1.82) is 0 Å². The van der Waals surface area contributed by atoms with Crippen LogP contribution >= 0.6 is 45.3 Å². The lowest BCUT2D eigenvalue weighted by Crippen LogP contribution is -1.89. The molecular weight excluding hydrogens is 825 g/mol. The van der Waals surface area contributed by atoms with Crippen LogP contribution in [0.4, 0.5) is 0 Å². The molecule has 0 radical (unpaired) electrons. The predicted octanol–water partition coefficient (Wildman–Crippen LogP) is 19.1. The summed E-state index contributed by atoms with van der Waals surface area (Å²) in [6.45, 7) is 0. The Balaban J connectivity index is 1.14. The molecule has 0 N–H and O–H groups in total. The zero-order valence-electron chi connectivity index (χ0n) is 33.0. The second-order valence-corrected chi connectivity index (χ2v) is 20.8. The van der Waals surface area contributed by atoms with Gasteiger partial charge in [0.25, 0.3) is 0 Å². The van der Waals surface area contributed by atoms with E-state index in [1.807, 2.05) is 45.3 Å². The molecule has 0 fully saturated rings. The van der Waals surface area contributed by atoms with Crippen molar-refractivity contribution in [1.82, 2.24) is 0 Å². The quantitative estimate of drug-likeness (QED) is 0.120. The third kappa shape index (κ3) is 4.54. The van der Waals surface area contributed by atoms with Gasteiger partial charge in [-0.1, -0.05) is 133 Å². The van der Waals surface area contributed by atoms with Crippen molar-refractivity contribution in [2.75, 3.05) is 0 Å². The van der Waals surface area contributed by atoms with Crippen LogP contribution in [0.5, 0.6) is 0 Å². The van der Waals surface area contributed by atoms with Crippen LogP contribution in [0.1, 0.15) is 0 Å². The number of rotatable bonds is 2. The minimum absolute atomic E-state index is 1.28. The highest BCUT2D eigenvalue weighted by atomic mass is 32.1. The van der Waals surface area contributed by atoms with Gasteiger partial charge < -0.3 is 0 Å². The van der Waals surface area contributed by atoms with Crippen LogP contribution < -0.4 is 0 Å². The largest absolute Gasteiger partial charge is 0.135 e. The van der Waals surface area contributed by atoms with Crippen LogP contribution in [-0.4, -0.2) is 0 Å². The Morgan fingerprint density at radius 1 is 0.210 bits per heavy atom. The van der Waals surface area contributed by atoms with E-state index in [1.165, 1.54) is 146 Å². The maximum atomic E-state index is 2.54. The van der Waals surface area contributed by atoms with Crippen molar-refractivity contribution in [2.45, 2.75) is 0 Å². The Hall–Kier alpha value is -6.66. The Kier molecular flexibility index (Phi) is 6.84. The van der Waals surface area contributed by atoms with E-state index >= 15 is 0 Å². The summed E-state index contributed by atoms with van der Waals surface area (Å²) in [6.07, 6.45) is 0. The summed E-state index contributed by atoms with van der Waals surface area (Å²) in [7, 11) is 0. The van der Waals surface area contributed by atoms with E-state index in [4.69, 9.17) is 0 Å². The summed E-state index contributed by atoms with van der Waals surface area (Å²) >= 11 is 7.71. The van der Waals surface area contributed by atoms with Crippen LogP contribution in [-0.2, 0) is 0 Å². The minimum atomic E-state index is 1.28. The summed E-state index contributed by atoms with van der Waals surface area (Å²) in [5.74, 6) is 0. The zero-order valence-corrected chi connectivity index (χ0v) is 36.2. The Morgan fingerprint density at radius 2 is 0.532 bits per heavy atom. The molecule has 4 aromatic heterocycles. The van der Waals surface area contributed by atoms with Gasteiger partial charge >= 0.3 is 0 Å². The van der Waals surface area contributed by atoms with E-state index in [1.54, 1.807) is 0 Å². The Morgan fingerprint density at radius 3 is 0.935 bits per heavy atom. The first-order chi connectivity index (χ1) is 30.7. The number of hydrogen-bond acceptors (Lipinski definition) is 4. The van der Waals surface area contributed by atoms with E-state index < -0.39 is 0 Å². The van der Waals surface area contributed by atoms with E-state index in [-0.39, 0.29) is 0 Å². The normalized spacial score (nSPS) is 12.5. The molecule has 0 spiro atoms. The summed E-state index contributed by atoms with van der Waals surface area (Å²) in [5.41, 5.74) is 5.21. The zero-order chi connectivity index (χ0) is 40.2. The minimum Gasteiger partial charge on any atom is -0.135 e. The third-order valence-electron chi connectivity index (χ3n) is 13.4. The molecule has 0 unspecified atom stereocenters. The van der Waals surface area contributed by atoms with Gasteiger partial charge in [-0.2, -0.15) is 0 Å². The van der Waals surface area contributed by atoms with E-state index in [9.17, 15) is 0 Å². The summed E-state index contributed by atoms with van der Waals surface area (Å²) in [5, 5.41) is 21.2. The first-order valence-electron chi connectivity index (χ1n) is 21.1. The molecule has 15 rings (SSSR count). The van der Waals surface area contributed by atoms with E-state index in [2.05, 4.69) is 182 Å². The van der Waals surface area contributed by atoms with Gasteiger partial charge in [0.15, 0.2) is 0 Å². The topological polar surface area (TPSA) is 0 Å². The van der Waals surface area contributed by atoms with Gasteiger partial charge in [0.2, 0.25) is 0 Å². The molecule has 4 heterocycles. The number of benzene rings is 11. The molecular formula is C58H30S4. The number of hydrogen-bond donors (Lipinski definition) is 0. The lowest BCUT2D eigenvalue weighted by molar-refractivity contribution is 1.76. The Labute approximate surface area is 370 Å². The third-order valence-corrected chi connectivity index (χ3v) is 18.3. The molecule has 0 saturated carbocycles. The van der Waals surface area contributed by atoms with Gasteiger partial charge in [0.05, 0.1) is 0 Å². The number of thiophene rings is 4. The first-order valence-corrected chi connectivity index (χ1v) is 24.3. The molecule has 0 aliphatic carbocycles. The van der Waals surface area contributed by atoms with Crippen LogP contribution in [0.3, 0.4) is 0 Å². The molecule has 0 saturated heterocycles. The smallest absolute Gasteiger partial charge is 0.0440 e. The molecule has 0 atom stereocenters. The van der Waals surface area contributed by atoms with E-state index in [0.717, 1.165) is 0 Å². The first kappa shape index (κ1) is 34.0. The molecule has 0 aliphatic rings. The molecule has 0 amide bonds. The predicted molar refractivity (Wildman–Crippen MR) is 279 cm³/mol. The van der Waals surface area contributed by atoms with Crippen LogP contribution in [0.2, 0.25) is 0 Å². The average molecular weight is 855 g/mol. The highest BCUT2D eigenvalue weighted by Crippen LogP contribution is 2.51. The highest BCUT2D eigenvalue weighted by molar-refractivity contribution is 7.28. The summed E-state index contributed by atoms with van der Waals surface area (Å²) < 4.78 is 10.8. The monoisotopic (exact) mass is 854 g/mol. The molecule has 0 aliphatic heterocycles. The van der Waals surface area contributed by atoms with Crippen LogP contribution in [0, 0.1) is 0 Å². The van der Waals surface area contributed by atoms with Crippen molar-refractivity contribution < 1.29 is 0 Å². The second kappa shape index (κ2) is 12.5. The molecule has 62 heavy (non-hydrogen) atoms. The maximum absolute atomic E-state index is 2.54. The standard InChI is InChI=1S/C58H30S4/c1-5-19-49-33(11-1)39-15-9-17-41(55(39)59-49)47-29-31-27-46-32(28-45(31)53-37(47)23-25-43-35-13-3-7-21-51(35)61-57(43)53)30-48(42-18-10-16-40-34-12-2-6-20-50(34)60-56(40)42)38-24-26-44-36-14-4-8-22-52(36)62-58(44)54(38)46/h1-30H. The van der Waals surface area contributed by atoms with Crippen molar-refractivity contribution in [3.05, 3.63) is 182 Å². The summed E-state index contributed by atoms with van der Waals surface area (Å²) in [4.78, 5) is 0. The maximum Gasteiger partial charge on any atom is 0.0440 e. The SMILES string of the molecule is c1ccc2c(c1)sc1c(-c3cc4cc5c(cc(-c6cccc7c6sc6ccccc67)c6ccc7c8ccccc8sc7c65)cc4c4c3ccc3c5ccccc5sc34)cccc12.